The molecule has 5 nitrogen and oxygen atoms in total. The smallest absolute Gasteiger partial charge is 0.387 e. The first-order valence-electron chi connectivity index (χ1n) is 9.48. The van der Waals surface area contributed by atoms with Crippen molar-refractivity contribution in [1.29, 1.82) is 0 Å². The standard InChI is InChI=1S/C22H24F2N2O3/c23-22(24)29-20-8-4-3-5-17(20)9-10-21(27)25-15-18-6-1-2-7-19(18)16-26-11-13-28-14-12-26/h1-10,22H,11-16H2,(H,25,27)/b10-9+. The maximum atomic E-state index is 12.5. The average Bonchev–Trinajstić information content (AvgIpc) is 2.73. The molecule has 1 saturated heterocycles. The lowest BCUT2D eigenvalue weighted by atomic mass is 10.1. The number of morpholine rings is 1. The molecule has 2 aromatic carbocycles. The van der Waals surface area contributed by atoms with Crippen LogP contribution in [0.15, 0.2) is 54.6 Å². The number of benzene rings is 2. The van der Waals surface area contributed by atoms with Gasteiger partial charge in [-0.15, -0.1) is 0 Å². The third-order valence-corrected chi connectivity index (χ3v) is 4.62. The molecular formula is C22H24F2N2O3. The minimum absolute atomic E-state index is 0.0300. The topological polar surface area (TPSA) is 50.8 Å². The second-order valence-corrected chi connectivity index (χ2v) is 6.62. The maximum absolute atomic E-state index is 12.5. The first-order valence-corrected chi connectivity index (χ1v) is 9.48. The van der Waals surface area contributed by atoms with Crippen LogP contribution in [-0.2, 0) is 22.6 Å². The van der Waals surface area contributed by atoms with E-state index < -0.39 is 6.61 Å². The molecule has 0 bridgehead atoms. The summed E-state index contributed by atoms with van der Waals surface area (Å²) >= 11 is 0. The van der Waals surface area contributed by atoms with Crippen molar-refractivity contribution in [2.45, 2.75) is 19.7 Å². The number of carbonyl (C=O) groups is 1. The van der Waals surface area contributed by atoms with Gasteiger partial charge in [0.2, 0.25) is 5.91 Å². The van der Waals surface area contributed by atoms with E-state index in [9.17, 15) is 13.6 Å². The van der Waals surface area contributed by atoms with Crippen molar-refractivity contribution in [2.24, 2.45) is 0 Å². The molecule has 3 rings (SSSR count). The van der Waals surface area contributed by atoms with Gasteiger partial charge in [0.05, 0.1) is 13.2 Å². The lowest BCUT2D eigenvalue weighted by Crippen LogP contribution is -2.36. The number of rotatable bonds is 8. The van der Waals surface area contributed by atoms with Gasteiger partial charge in [0, 0.05) is 37.8 Å². The second-order valence-electron chi connectivity index (χ2n) is 6.62. The number of alkyl halides is 2. The van der Waals surface area contributed by atoms with E-state index in [2.05, 4.69) is 21.0 Å². The van der Waals surface area contributed by atoms with Gasteiger partial charge in [-0.3, -0.25) is 9.69 Å². The van der Waals surface area contributed by atoms with Gasteiger partial charge < -0.3 is 14.8 Å². The SMILES string of the molecule is O=C(/C=C/c1ccccc1OC(F)F)NCc1ccccc1CN1CCOCC1. The minimum Gasteiger partial charge on any atom is -0.434 e. The molecule has 0 saturated carbocycles. The fraction of sp³-hybridized carbons (Fsp3) is 0.318. The van der Waals surface area contributed by atoms with E-state index in [0.717, 1.165) is 44.0 Å². The van der Waals surface area contributed by atoms with Gasteiger partial charge in [-0.05, 0) is 23.3 Å². The Balaban J connectivity index is 1.58. The summed E-state index contributed by atoms with van der Waals surface area (Å²) in [5.74, 6) is -0.277. The minimum atomic E-state index is -2.92. The molecular weight excluding hydrogens is 378 g/mol. The first kappa shape index (κ1) is 21.0. The van der Waals surface area contributed by atoms with Gasteiger partial charge in [-0.25, -0.2) is 0 Å². The fourth-order valence-corrected chi connectivity index (χ4v) is 3.11. The quantitative estimate of drug-likeness (QED) is 0.688. The summed E-state index contributed by atoms with van der Waals surface area (Å²) in [7, 11) is 0. The number of ether oxygens (including phenoxy) is 2. The Labute approximate surface area is 168 Å². The lowest BCUT2D eigenvalue weighted by molar-refractivity contribution is -0.116. The maximum Gasteiger partial charge on any atom is 0.387 e. The van der Waals surface area contributed by atoms with E-state index in [-0.39, 0.29) is 11.7 Å². The predicted molar refractivity (Wildman–Crippen MR) is 106 cm³/mol. The van der Waals surface area contributed by atoms with Crippen LogP contribution in [0.1, 0.15) is 16.7 Å². The van der Waals surface area contributed by atoms with Crippen LogP contribution in [0.2, 0.25) is 0 Å². The number of amides is 1. The van der Waals surface area contributed by atoms with Crippen molar-refractivity contribution in [3.8, 4) is 5.75 Å². The Bertz CT molecular complexity index is 836. The van der Waals surface area contributed by atoms with E-state index in [1.54, 1.807) is 18.2 Å². The van der Waals surface area contributed by atoms with Crippen molar-refractivity contribution < 1.29 is 23.0 Å². The Morgan fingerprint density at radius 2 is 1.79 bits per heavy atom. The number of carbonyl (C=O) groups excluding carboxylic acids is 1. The van der Waals surface area contributed by atoms with Crippen LogP contribution in [0.4, 0.5) is 8.78 Å². The second kappa shape index (κ2) is 10.7. The first-order chi connectivity index (χ1) is 14.1. The van der Waals surface area contributed by atoms with Gasteiger partial charge in [-0.1, -0.05) is 42.5 Å². The van der Waals surface area contributed by atoms with E-state index in [1.165, 1.54) is 18.2 Å². The molecule has 1 N–H and O–H groups in total. The highest BCUT2D eigenvalue weighted by Gasteiger charge is 2.13. The Morgan fingerprint density at radius 3 is 2.55 bits per heavy atom. The normalized spacial score (nSPS) is 15.0. The van der Waals surface area contributed by atoms with Crippen molar-refractivity contribution in [2.75, 3.05) is 26.3 Å². The van der Waals surface area contributed by atoms with Crippen molar-refractivity contribution in [1.82, 2.24) is 10.2 Å². The van der Waals surface area contributed by atoms with E-state index in [0.29, 0.717) is 12.1 Å². The highest BCUT2D eigenvalue weighted by Crippen LogP contribution is 2.21. The molecule has 154 valence electrons. The molecule has 0 radical (unpaired) electrons. The summed E-state index contributed by atoms with van der Waals surface area (Å²) in [6, 6.07) is 14.3. The highest BCUT2D eigenvalue weighted by atomic mass is 19.3. The zero-order chi connectivity index (χ0) is 20.5. The molecule has 29 heavy (non-hydrogen) atoms. The van der Waals surface area contributed by atoms with Crippen LogP contribution < -0.4 is 10.1 Å². The Kier molecular flexibility index (Phi) is 7.72. The zero-order valence-electron chi connectivity index (χ0n) is 16.0. The number of nitrogens with one attached hydrogen (secondary N) is 1. The van der Waals surface area contributed by atoms with Crippen LogP contribution >= 0.6 is 0 Å². The molecule has 1 fully saturated rings. The molecule has 0 unspecified atom stereocenters. The van der Waals surface area contributed by atoms with Gasteiger partial charge in [0.1, 0.15) is 5.75 Å². The molecule has 0 spiro atoms. The number of hydrogen-bond donors (Lipinski definition) is 1. The van der Waals surface area contributed by atoms with Gasteiger partial charge >= 0.3 is 6.61 Å². The largest absolute Gasteiger partial charge is 0.434 e. The van der Waals surface area contributed by atoms with E-state index in [1.807, 2.05) is 18.2 Å². The molecule has 1 amide bonds. The van der Waals surface area contributed by atoms with Crippen LogP contribution in [0.25, 0.3) is 6.08 Å². The monoisotopic (exact) mass is 402 g/mol. The van der Waals surface area contributed by atoms with Gasteiger partial charge in [0.15, 0.2) is 0 Å². The summed E-state index contributed by atoms with van der Waals surface area (Å²) in [5, 5.41) is 2.85. The number of nitrogens with zero attached hydrogens (tertiary/aromatic N) is 1. The number of hydrogen-bond acceptors (Lipinski definition) is 4. The van der Waals surface area contributed by atoms with Crippen molar-refractivity contribution in [3.05, 3.63) is 71.3 Å². The highest BCUT2D eigenvalue weighted by molar-refractivity contribution is 5.92. The van der Waals surface area contributed by atoms with Gasteiger partial charge in [-0.2, -0.15) is 8.78 Å². The predicted octanol–water partition coefficient (Wildman–Crippen LogP) is 3.45. The molecule has 1 aliphatic rings. The third-order valence-electron chi connectivity index (χ3n) is 4.62. The average molecular weight is 402 g/mol. The number of halogens is 2. The zero-order valence-corrected chi connectivity index (χ0v) is 16.0. The molecule has 1 heterocycles. The van der Waals surface area contributed by atoms with Crippen LogP contribution in [-0.4, -0.2) is 43.7 Å². The Hall–Kier alpha value is -2.77. The van der Waals surface area contributed by atoms with Crippen LogP contribution in [0, 0.1) is 0 Å². The summed E-state index contributed by atoms with van der Waals surface area (Å²) in [6.07, 6.45) is 2.78. The van der Waals surface area contributed by atoms with Gasteiger partial charge in [0.25, 0.3) is 0 Å². The van der Waals surface area contributed by atoms with Crippen molar-refractivity contribution in [3.63, 3.8) is 0 Å². The molecule has 0 aliphatic carbocycles. The number of para-hydroxylation sites is 1. The van der Waals surface area contributed by atoms with E-state index in [4.69, 9.17) is 4.74 Å². The summed E-state index contributed by atoms with van der Waals surface area (Å²) < 4.78 is 34.8. The molecule has 1 aliphatic heterocycles. The summed E-state index contributed by atoms with van der Waals surface area (Å²) in [6.45, 7) is 1.54. The van der Waals surface area contributed by atoms with Crippen LogP contribution in [0.5, 0.6) is 5.75 Å². The Morgan fingerprint density at radius 1 is 1.10 bits per heavy atom. The molecule has 0 aromatic heterocycles. The molecule has 2 aromatic rings. The van der Waals surface area contributed by atoms with E-state index >= 15 is 0 Å². The molecule has 7 heteroatoms. The summed E-state index contributed by atoms with van der Waals surface area (Å²) in [5.41, 5.74) is 2.62. The fourth-order valence-electron chi connectivity index (χ4n) is 3.11. The molecule has 0 atom stereocenters. The van der Waals surface area contributed by atoms with Crippen LogP contribution in [0.3, 0.4) is 0 Å². The lowest BCUT2D eigenvalue weighted by Gasteiger charge is -2.27. The van der Waals surface area contributed by atoms with Crippen molar-refractivity contribution >= 4 is 12.0 Å². The summed E-state index contributed by atoms with van der Waals surface area (Å²) in [4.78, 5) is 14.5. The third kappa shape index (κ3) is 6.66.